The fourth-order valence-corrected chi connectivity index (χ4v) is 6.60. The normalized spacial score (nSPS) is 12.6. The molecule has 0 spiro atoms. The van der Waals surface area contributed by atoms with Crippen molar-refractivity contribution in [1.82, 2.24) is 0 Å². The molecule has 3 aromatic carbocycles. The standard InChI is InChI=1S/C19H16O7S3/c1-14-7-9-16(10-8-14)28(22,23)19-13-17(11-12-18(19)29(24,25)26)27(20,21)15-5-3-2-4-6-15/h2-13H,1H3,(H,24,25,26). The molecule has 0 saturated heterocycles. The number of aryl methyl sites for hydroxylation is 1. The molecule has 0 aliphatic heterocycles. The summed E-state index contributed by atoms with van der Waals surface area (Å²) < 4.78 is 84.8. The van der Waals surface area contributed by atoms with Gasteiger partial charge in [0.2, 0.25) is 19.7 Å². The van der Waals surface area contributed by atoms with Crippen LogP contribution in [-0.2, 0) is 29.8 Å². The van der Waals surface area contributed by atoms with Crippen molar-refractivity contribution in [3.8, 4) is 0 Å². The van der Waals surface area contributed by atoms with E-state index in [0.717, 1.165) is 23.8 Å². The Morgan fingerprint density at radius 2 is 1.10 bits per heavy atom. The van der Waals surface area contributed by atoms with E-state index in [1.165, 1.54) is 48.5 Å². The summed E-state index contributed by atoms with van der Waals surface area (Å²) in [5, 5.41) is 0. The molecular formula is C19H16O7S3. The first kappa shape index (κ1) is 21.2. The van der Waals surface area contributed by atoms with E-state index in [9.17, 15) is 29.8 Å². The van der Waals surface area contributed by atoms with Crippen LogP contribution in [0.25, 0.3) is 0 Å². The highest BCUT2D eigenvalue weighted by atomic mass is 32.2. The Hall–Kier alpha value is -2.53. The SMILES string of the molecule is Cc1ccc(S(=O)(=O)c2cc(S(=O)(=O)c3ccccc3)ccc2S(=O)(=O)O)cc1. The summed E-state index contributed by atoms with van der Waals surface area (Å²) >= 11 is 0. The van der Waals surface area contributed by atoms with Gasteiger partial charge in [-0.1, -0.05) is 35.9 Å². The second kappa shape index (κ2) is 7.38. The molecule has 0 saturated carbocycles. The van der Waals surface area contributed by atoms with E-state index in [1.807, 2.05) is 0 Å². The lowest BCUT2D eigenvalue weighted by Crippen LogP contribution is -2.12. The van der Waals surface area contributed by atoms with Gasteiger partial charge in [-0.15, -0.1) is 0 Å². The minimum atomic E-state index is -4.93. The average molecular weight is 453 g/mol. The molecule has 10 heteroatoms. The van der Waals surface area contributed by atoms with E-state index < -0.39 is 44.5 Å². The molecule has 29 heavy (non-hydrogen) atoms. The van der Waals surface area contributed by atoms with Crippen LogP contribution >= 0.6 is 0 Å². The number of hydrogen-bond acceptors (Lipinski definition) is 6. The van der Waals surface area contributed by atoms with Crippen LogP contribution in [0.1, 0.15) is 5.56 Å². The lowest BCUT2D eigenvalue weighted by atomic mass is 10.2. The maximum atomic E-state index is 13.1. The topological polar surface area (TPSA) is 123 Å². The Balaban J connectivity index is 2.30. The van der Waals surface area contributed by atoms with Gasteiger partial charge in [-0.25, -0.2) is 16.8 Å². The quantitative estimate of drug-likeness (QED) is 0.591. The van der Waals surface area contributed by atoms with Crippen molar-refractivity contribution in [2.24, 2.45) is 0 Å². The lowest BCUT2D eigenvalue weighted by Gasteiger charge is -2.12. The summed E-state index contributed by atoms with van der Waals surface area (Å²) in [4.78, 5) is -2.45. The van der Waals surface area contributed by atoms with Crippen molar-refractivity contribution in [2.45, 2.75) is 31.4 Å². The molecule has 0 aromatic heterocycles. The molecule has 0 radical (unpaired) electrons. The summed E-state index contributed by atoms with van der Waals surface area (Å²) in [5.74, 6) is 0. The predicted octanol–water partition coefficient (Wildman–Crippen LogP) is 2.91. The molecule has 0 bridgehead atoms. The third-order valence-corrected chi connectivity index (χ3v) is 8.80. The van der Waals surface area contributed by atoms with Crippen LogP contribution in [0.2, 0.25) is 0 Å². The van der Waals surface area contributed by atoms with Gasteiger partial charge < -0.3 is 0 Å². The summed E-state index contributed by atoms with van der Waals surface area (Å²) in [5.41, 5.74) is 0.777. The highest BCUT2D eigenvalue weighted by molar-refractivity contribution is 7.93. The largest absolute Gasteiger partial charge is 0.295 e. The zero-order valence-electron chi connectivity index (χ0n) is 15.0. The van der Waals surface area contributed by atoms with E-state index in [-0.39, 0.29) is 9.79 Å². The highest BCUT2D eigenvalue weighted by Crippen LogP contribution is 2.31. The fraction of sp³-hybridized carbons (Fsp3) is 0.0526. The molecule has 0 aliphatic rings. The minimum absolute atomic E-state index is 0.0849. The van der Waals surface area contributed by atoms with Gasteiger partial charge in [0, 0.05) is 0 Å². The molecular weight excluding hydrogens is 436 g/mol. The van der Waals surface area contributed by atoms with Crippen LogP contribution in [-0.4, -0.2) is 29.8 Å². The maximum absolute atomic E-state index is 13.1. The van der Waals surface area contributed by atoms with Crippen LogP contribution < -0.4 is 0 Å². The molecule has 3 rings (SSSR count). The van der Waals surface area contributed by atoms with Crippen molar-refractivity contribution in [1.29, 1.82) is 0 Å². The lowest BCUT2D eigenvalue weighted by molar-refractivity contribution is 0.479. The number of sulfone groups is 2. The Bertz CT molecular complexity index is 1370. The van der Waals surface area contributed by atoms with Crippen LogP contribution in [0.3, 0.4) is 0 Å². The van der Waals surface area contributed by atoms with Gasteiger partial charge in [0.25, 0.3) is 10.1 Å². The molecule has 0 atom stereocenters. The Morgan fingerprint density at radius 1 is 0.586 bits per heavy atom. The third kappa shape index (κ3) is 4.10. The zero-order chi connectivity index (χ0) is 21.4. The molecule has 0 unspecified atom stereocenters. The average Bonchev–Trinajstić information content (AvgIpc) is 2.68. The van der Waals surface area contributed by atoms with Crippen molar-refractivity contribution in [3.05, 3.63) is 78.4 Å². The Morgan fingerprint density at radius 3 is 1.66 bits per heavy atom. The van der Waals surface area contributed by atoms with Crippen molar-refractivity contribution >= 4 is 29.8 Å². The fourth-order valence-electron chi connectivity index (χ4n) is 2.66. The molecule has 3 aromatic rings. The van der Waals surface area contributed by atoms with Gasteiger partial charge in [0.05, 0.1) is 19.6 Å². The van der Waals surface area contributed by atoms with E-state index in [4.69, 9.17) is 0 Å². The van der Waals surface area contributed by atoms with Crippen LogP contribution in [0, 0.1) is 6.92 Å². The first-order valence-electron chi connectivity index (χ1n) is 8.17. The molecule has 0 heterocycles. The van der Waals surface area contributed by atoms with Crippen LogP contribution in [0.15, 0.2) is 97.3 Å². The van der Waals surface area contributed by atoms with Crippen molar-refractivity contribution in [3.63, 3.8) is 0 Å². The first-order valence-corrected chi connectivity index (χ1v) is 12.6. The molecule has 7 nitrogen and oxygen atoms in total. The van der Waals surface area contributed by atoms with E-state index in [0.29, 0.717) is 0 Å². The molecule has 0 amide bonds. The summed E-state index contributed by atoms with van der Waals surface area (Å²) in [6.45, 7) is 1.74. The molecule has 0 aliphatic carbocycles. The van der Waals surface area contributed by atoms with E-state index in [1.54, 1.807) is 13.0 Å². The van der Waals surface area contributed by atoms with Gasteiger partial charge in [0.1, 0.15) is 4.90 Å². The summed E-state index contributed by atoms with van der Waals surface area (Å²) in [6.07, 6.45) is 0. The second-order valence-electron chi connectivity index (χ2n) is 6.22. The van der Waals surface area contributed by atoms with Gasteiger partial charge in [0.15, 0.2) is 0 Å². The molecule has 0 fully saturated rings. The van der Waals surface area contributed by atoms with Gasteiger partial charge in [-0.2, -0.15) is 8.42 Å². The monoisotopic (exact) mass is 452 g/mol. The number of rotatable bonds is 5. The van der Waals surface area contributed by atoms with Gasteiger partial charge in [-0.3, -0.25) is 4.55 Å². The maximum Gasteiger partial charge on any atom is 0.295 e. The Kier molecular flexibility index (Phi) is 5.39. The smallest absolute Gasteiger partial charge is 0.282 e. The minimum Gasteiger partial charge on any atom is -0.282 e. The first-order chi connectivity index (χ1) is 13.4. The van der Waals surface area contributed by atoms with Gasteiger partial charge >= 0.3 is 0 Å². The Labute approximate surface area is 169 Å². The van der Waals surface area contributed by atoms with Gasteiger partial charge in [-0.05, 0) is 49.4 Å². The number of hydrogen-bond donors (Lipinski definition) is 1. The zero-order valence-corrected chi connectivity index (χ0v) is 17.5. The van der Waals surface area contributed by atoms with Crippen LogP contribution in [0.4, 0.5) is 0 Å². The van der Waals surface area contributed by atoms with Crippen LogP contribution in [0.5, 0.6) is 0 Å². The molecule has 1 N–H and O–H groups in total. The predicted molar refractivity (Wildman–Crippen MR) is 105 cm³/mol. The summed E-state index contributed by atoms with van der Waals surface area (Å²) in [6, 6.07) is 15.3. The van der Waals surface area contributed by atoms with Crippen molar-refractivity contribution < 1.29 is 29.8 Å². The highest BCUT2D eigenvalue weighted by Gasteiger charge is 2.30. The third-order valence-electron chi connectivity index (χ3n) is 4.18. The number of benzene rings is 3. The summed E-state index contributed by atoms with van der Waals surface area (Å²) in [7, 11) is -13.5. The second-order valence-corrected chi connectivity index (χ2v) is 11.5. The molecule has 152 valence electrons. The van der Waals surface area contributed by atoms with E-state index >= 15 is 0 Å². The van der Waals surface area contributed by atoms with E-state index in [2.05, 4.69) is 0 Å². The van der Waals surface area contributed by atoms with Crippen molar-refractivity contribution in [2.75, 3.05) is 0 Å².